The Morgan fingerprint density at radius 3 is 2.42 bits per heavy atom. The number of para-hydroxylation sites is 1. The maximum atomic E-state index is 11.2. The Morgan fingerprint density at radius 2 is 1.84 bits per heavy atom. The van der Waals surface area contributed by atoms with E-state index < -0.39 is 5.91 Å². The molecule has 0 spiro atoms. The largest absolute Gasteiger partial charge is 0.396 e. The van der Waals surface area contributed by atoms with Crippen LogP contribution in [-0.4, -0.2) is 5.91 Å². The first-order valence-corrected chi connectivity index (χ1v) is 6.16. The Balaban J connectivity index is 2.27. The molecule has 0 radical (unpaired) electrons. The van der Waals surface area contributed by atoms with Crippen molar-refractivity contribution in [3.8, 4) is 0 Å². The van der Waals surface area contributed by atoms with Crippen molar-refractivity contribution in [2.24, 2.45) is 5.73 Å². The van der Waals surface area contributed by atoms with Crippen molar-refractivity contribution in [3.63, 3.8) is 0 Å². The molecule has 0 aliphatic carbocycles. The van der Waals surface area contributed by atoms with Gasteiger partial charge in [-0.25, -0.2) is 0 Å². The molecule has 0 aliphatic heterocycles. The Kier molecular flexibility index (Phi) is 3.71. The third-order valence-electron chi connectivity index (χ3n) is 3.01. The molecule has 5 N–H and O–H groups in total. The molecule has 0 atom stereocenters. The van der Waals surface area contributed by atoms with Crippen LogP contribution in [0.1, 0.15) is 22.8 Å². The summed E-state index contributed by atoms with van der Waals surface area (Å²) in [6, 6.07) is 13.2. The van der Waals surface area contributed by atoms with E-state index in [2.05, 4.69) is 24.4 Å². The van der Waals surface area contributed by atoms with Crippen LogP contribution in [0.25, 0.3) is 0 Å². The van der Waals surface area contributed by atoms with Gasteiger partial charge in [-0.3, -0.25) is 4.79 Å². The first-order valence-electron chi connectivity index (χ1n) is 6.16. The van der Waals surface area contributed by atoms with E-state index in [1.807, 2.05) is 18.2 Å². The maximum Gasteiger partial charge on any atom is 0.250 e. The van der Waals surface area contributed by atoms with Crippen molar-refractivity contribution in [1.82, 2.24) is 0 Å². The summed E-state index contributed by atoms with van der Waals surface area (Å²) < 4.78 is 0. The van der Waals surface area contributed by atoms with Gasteiger partial charge >= 0.3 is 0 Å². The van der Waals surface area contributed by atoms with Crippen molar-refractivity contribution >= 4 is 23.0 Å². The van der Waals surface area contributed by atoms with Gasteiger partial charge < -0.3 is 16.8 Å². The number of anilines is 3. The molecule has 0 saturated carbocycles. The van der Waals surface area contributed by atoms with Gasteiger partial charge in [0, 0.05) is 5.69 Å². The molecule has 98 valence electrons. The quantitative estimate of drug-likeness (QED) is 0.735. The number of benzene rings is 2. The number of amides is 1. The van der Waals surface area contributed by atoms with Crippen LogP contribution in [0.5, 0.6) is 0 Å². The lowest BCUT2D eigenvalue weighted by molar-refractivity contribution is 0.100. The molecule has 0 bridgehead atoms. The van der Waals surface area contributed by atoms with E-state index in [0.29, 0.717) is 16.9 Å². The van der Waals surface area contributed by atoms with E-state index in [9.17, 15) is 4.79 Å². The minimum absolute atomic E-state index is 0.329. The van der Waals surface area contributed by atoms with Crippen molar-refractivity contribution < 1.29 is 4.79 Å². The average Bonchev–Trinajstić information content (AvgIpc) is 2.41. The summed E-state index contributed by atoms with van der Waals surface area (Å²) >= 11 is 0. The monoisotopic (exact) mass is 255 g/mol. The van der Waals surface area contributed by atoms with E-state index in [1.165, 1.54) is 5.56 Å². The van der Waals surface area contributed by atoms with Crippen LogP contribution in [0.15, 0.2) is 42.5 Å². The highest BCUT2D eigenvalue weighted by molar-refractivity contribution is 6.01. The third kappa shape index (κ3) is 2.85. The van der Waals surface area contributed by atoms with Gasteiger partial charge in [0.2, 0.25) is 0 Å². The number of hydrogen-bond acceptors (Lipinski definition) is 3. The number of primary amides is 1. The number of carbonyl (C=O) groups excluding carboxylic acids is 1. The van der Waals surface area contributed by atoms with Crippen molar-refractivity contribution in [3.05, 3.63) is 53.6 Å². The smallest absolute Gasteiger partial charge is 0.250 e. The molecule has 4 heteroatoms. The van der Waals surface area contributed by atoms with E-state index in [0.717, 1.165) is 12.1 Å². The van der Waals surface area contributed by atoms with Gasteiger partial charge in [-0.15, -0.1) is 0 Å². The van der Waals surface area contributed by atoms with Crippen LogP contribution in [-0.2, 0) is 6.42 Å². The number of aryl methyl sites for hydroxylation is 1. The molecule has 19 heavy (non-hydrogen) atoms. The summed E-state index contributed by atoms with van der Waals surface area (Å²) in [5.41, 5.74) is 14.8. The van der Waals surface area contributed by atoms with Gasteiger partial charge in [-0.2, -0.15) is 0 Å². The summed E-state index contributed by atoms with van der Waals surface area (Å²) in [7, 11) is 0. The highest BCUT2D eigenvalue weighted by atomic mass is 16.1. The first kappa shape index (κ1) is 13.0. The van der Waals surface area contributed by atoms with Gasteiger partial charge in [0.15, 0.2) is 0 Å². The fourth-order valence-electron chi connectivity index (χ4n) is 1.87. The van der Waals surface area contributed by atoms with Gasteiger partial charge in [0.25, 0.3) is 5.91 Å². The molecule has 1 amide bonds. The minimum Gasteiger partial charge on any atom is -0.396 e. The highest BCUT2D eigenvalue weighted by Gasteiger charge is 2.09. The van der Waals surface area contributed by atoms with E-state index in [4.69, 9.17) is 11.5 Å². The van der Waals surface area contributed by atoms with Crippen molar-refractivity contribution in [2.45, 2.75) is 13.3 Å². The van der Waals surface area contributed by atoms with Crippen LogP contribution in [0.2, 0.25) is 0 Å². The zero-order valence-corrected chi connectivity index (χ0v) is 10.8. The van der Waals surface area contributed by atoms with Gasteiger partial charge in [-0.1, -0.05) is 25.1 Å². The minimum atomic E-state index is -0.525. The molecule has 0 aliphatic rings. The van der Waals surface area contributed by atoms with E-state index in [1.54, 1.807) is 12.1 Å². The molecule has 2 rings (SSSR count). The Bertz CT molecular complexity index is 591. The van der Waals surface area contributed by atoms with Crippen LogP contribution >= 0.6 is 0 Å². The second-order valence-corrected chi connectivity index (χ2v) is 4.31. The molecule has 2 aromatic carbocycles. The molecule has 0 saturated heterocycles. The summed E-state index contributed by atoms with van der Waals surface area (Å²) in [4.78, 5) is 11.2. The molecule has 2 aromatic rings. The Morgan fingerprint density at radius 1 is 1.16 bits per heavy atom. The van der Waals surface area contributed by atoms with Crippen LogP contribution in [0, 0.1) is 0 Å². The third-order valence-corrected chi connectivity index (χ3v) is 3.01. The molecule has 0 heterocycles. The fourth-order valence-corrected chi connectivity index (χ4v) is 1.87. The van der Waals surface area contributed by atoms with Gasteiger partial charge in [0.1, 0.15) is 0 Å². The predicted molar refractivity (Wildman–Crippen MR) is 78.5 cm³/mol. The Labute approximate surface area is 112 Å². The number of nitrogen functional groups attached to an aromatic ring is 1. The number of carbonyl (C=O) groups is 1. The SMILES string of the molecule is CCc1ccc(Nc2cccc(C(N)=O)c2N)cc1. The van der Waals surface area contributed by atoms with Crippen LogP contribution in [0.3, 0.4) is 0 Å². The maximum absolute atomic E-state index is 11.2. The zero-order valence-electron chi connectivity index (χ0n) is 10.8. The lowest BCUT2D eigenvalue weighted by Crippen LogP contribution is -2.14. The molecule has 4 nitrogen and oxygen atoms in total. The normalized spacial score (nSPS) is 10.2. The summed E-state index contributed by atoms with van der Waals surface area (Å²) in [6.45, 7) is 2.11. The summed E-state index contributed by atoms with van der Waals surface area (Å²) in [5, 5.41) is 3.19. The van der Waals surface area contributed by atoms with Crippen molar-refractivity contribution in [2.75, 3.05) is 11.1 Å². The highest BCUT2D eigenvalue weighted by Crippen LogP contribution is 2.26. The number of nitrogens with one attached hydrogen (secondary N) is 1. The summed E-state index contributed by atoms with van der Waals surface area (Å²) in [6.07, 6.45) is 1.000. The molecular formula is C15H17N3O. The van der Waals surface area contributed by atoms with Crippen LogP contribution < -0.4 is 16.8 Å². The first-order chi connectivity index (χ1) is 9.11. The van der Waals surface area contributed by atoms with E-state index in [-0.39, 0.29) is 0 Å². The van der Waals surface area contributed by atoms with Gasteiger partial charge in [0.05, 0.1) is 16.9 Å². The van der Waals surface area contributed by atoms with Gasteiger partial charge in [-0.05, 0) is 36.2 Å². The Hall–Kier alpha value is -2.49. The number of hydrogen-bond donors (Lipinski definition) is 3. The molecular weight excluding hydrogens is 238 g/mol. The predicted octanol–water partition coefficient (Wildman–Crippen LogP) is 2.67. The molecule has 0 fully saturated rings. The van der Waals surface area contributed by atoms with Crippen LogP contribution in [0.4, 0.5) is 17.1 Å². The average molecular weight is 255 g/mol. The second kappa shape index (κ2) is 5.44. The van der Waals surface area contributed by atoms with Crippen molar-refractivity contribution in [1.29, 1.82) is 0 Å². The lowest BCUT2D eigenvalue weighted by atomic mass is 10.1. The lowest BCUT2D eigenvalue weighted by Gasteiger charge is -2.11. The van der Waals surface area contributed by atoms with E-state index >= 15 is 0 Å². The standard InChI is InChI=1S/C15H17N3O/c1-2-10-6-8-11(9-7-10)18-13-5-3-4-12(14(13)16)15(17)19/h3-9,18H,2,16H2,1H3,(H2,17,19). The molecule has 0 aromatic heterocycles. The second-order valence-electron chi connectivity index (χ2n) is 4.31. The fraction of sp³-hybridized carbons (Fsp3) is 0.133. The number of nitrogens with two attached hydrogens (primary N) is 2. The summed E-state index contributed by atoms with van der Waals surface area (Å²) in [5.74, 6) is -0.525. The topological polar surface area (TPSA) is 81.1 Å². The zero-order chi connectivity index (χ0) is 13.8. The number of rotatable bonds is 4. The molecule has 0 unspecified atom stereocenters.